The molecule has 1 N–H and O–H groups in total. The molecule has 20 heavy (non-hydrogen) atoms. The van der Waals surface area contributed by atoms with Crippen molar-refractivity contribution >= 4 is 11.6 Å². The van der Waals surface area contributed by atoms with Crippen LogP contribution in [-0.2, 0) is 11.3 Å². The number of aromatic nitrogens is 2. The van der Waals surface area contributed by atoms with Gasteiger partial charge in [0, 0.05) is 24.1 Å². The summed E-state index contributed by atoms with van der Waals surface area (Å²) in [5.41, 5.74) is 0.341. The van der Waals surface area contributed by atoms with Gasteiger partial charge >= 0.3 is 5.69 Å². The summed E-state index contributed by atoms with van der Waals surface area (Å²) in [5, 5.41) is 2.62. The molecule has 0 saturated heterocycles. The van der Waals surface area contributed by atoms with Crippen LogP contribution in [0.2, 0.25) is 0 Å². The standard InChI is InChI=1S/C14H14FN3O2/c15-10-1-3-11(4-2-10)16-13(19)9-17-7-8-18(14(17)20)12-5-6-12/h1-4,7-8,12H,5-6,9H2,(H,16,19). The van der Waals surface area contributed by atoms with Gasteiger partial charge in [-0.3, -0.25) is 13.9 Å². The molecule has 1 heterocycles. The summed E-state index contributed by atoms with van der Waals surface area (Å²) in [6, 6.07) is 5.79. The average Bonchev–Trinajstić information content (AvgIpc) is 3.19. The van der Waals surface area contributed by atoms with Crippen LogP contribution in [0, 0.1) is 5.82 Å². The third-order valence-electron chi connectivity index (χ3n) is 3.26. The van der Waals surface area contributed by atoms with Crippen LogP contribution in [0.15, 0.2) is 41.5 Å². The highest BCUT2D eigenvalue weighted by Crippen LogP contribution is 2.33. The maximum atomic E-state index is 12.7. The van der Waals surface area contributed by atoms with Crippen LogP contribution < -0.4 is 11.0 Å². The number of benzene rings is 1. The van der Waals surface area contributed by atoms with E-state index in [4.69, 9.17) is 0 Å². The molecule has 1 aromatic heterocycles. The number of hydrogen-bond acceptors (Lipinski definition) is 2. The van der Waals surface area contributed by atoms with Crippen LogP contribution in [0.1, 0.15) is 18.9 Å². The second-order valence-electron chi connectivity index (χ2n) is 4.90. The lowest BCUT2D eigenvalue weighted by Gasteiger charge is -2.05. The average molecular weight is 275 g/mol. The number of halogens is 1. The molecule has 0 aliphatic heterocycles. The smallest absolute Gasteiger partial charge is 0.325 e. The molecule has 0 atom stereocenters. The van der Waals surface area contributed by atoms with E-state index in [2.05, 4.69) is 5.32 Å². The fraction of sp³-hybridized carbons (Fsp3) is 0.286. The number of hydrogen-bond donors (Lipinski definition) is 1. The Kier molecular flexibility index (Phi) is 3.14. The summed E-state index contributed by atoms with van der Waals surface area (Å²) >= 11 is 0. The van der Waals surface area contributed by atoms with Gasteiger partial charge in [0.15, 0.2) is 0 Å². The number of amides is 1. The van der Waals surface area contributed by atoms with Gasteiger partial charge in [0.25, 0.3) is 0 Å². The first kappa shape index (κ1) is 12.7. The lowest BCUT2D eigenvalue weighted by molar-refractivity contribution is -0.116. The molecular weight excluding hydrogens is 261 g/mol. The molecule has 0 unspecified atom stereocenters. The van der Waals surface area contributed by atoms with E-state index in [0.717, 1.165) is 12.8 Å². The molecule has 1 aliphatic rings. The summed E-state index contributed by atoms with van der Waals surface area (Å²) in [5.74, 6) is -0.673. The van der Waals surface area contributed by atoms with E-state index in [1.807, 2.05) is 0 Å². The van der Waals surface area contributed by atoms with Crippen molar-refractivity contribution in [2.45, 2.75) is 25.4 Å². The Bertz CT molecular complexity index is 683. The third-order valence-corrected chi connectivity index (χ3v) is 3.26. The van der Waals surface area contributed by atoms with E-state index in [0.29, 0.717) is 11.7 Å². The summed E-state index contributed by atoms with van der Waals surface area (Å²) < 4.78 is 15.8. The van der Waals surface area contributed by atoms with Gasteiger partial charge in [0.1, 0.15) is 12.4 Å². The zero-order valence-corrected chi connectivity index (χ0v) is 10.8. The zero-order chi connectivity index (χ0) is 14.1. The molecule has 1 amide bonds. The van der Waals surface area contributed by atoms with E-state index in [-0.39, 0.29) is 24.0 Å². The molecule has 3 rings (SSSR count). The third kappa shape index (κ3) is 2.64. The van der Waals surface area contributed by atoms with E-state index >= 15 is 0 Å². The van der Waals surface area contributed by atoms with E-state index in [1.54, 1.807) is 17.0 Å². The maximum Gasteiger partial charge on any atom is 0.328 e. The van der Waals surface area contributed by atoms with Crippen LogP contribution in [0.4, 0.5) is 10.1 Å². The highest BCUT2D eigenvalue weighted by Gasteiger charge is 2.25. The van der Waals surface area contributed by atoms with Gasteiger partial charge in [-0.1, -0.05) is 0 Å². The SMILES string of the molecule is O=C(Cn1ccn(C2CC2)c1=O)Nc1ccc(F)cc1. The minimum Gasteiger partial charge on any atom is -0.325 e. The molecule has 0 bridgehead atoms. The van der Waals surface area contributed by atoms with Gasteiger partial charge in [-0.15, -0.1) is 0 Å². The number of nitrogens with one attached hydrogen (secondary N) is 1. The van der Waals surface area contributed by atoms with Gasteiger partial charge < -0.3 is 5.32 Å². The molecule has 0 spiro atoms. The molecule has 1 aromatic carbocycles. The molecule has 6 heteroatoms. The van der Waals surface area contributed by atoms with Crippen LogP contribution in [0.3, 0.4) is 0 Å². The van der Waals surface area contributed by atoms with Gasteiger partial charge in [-0.05, 0) is 37.1 Å². The fourth-order valence-electron chi connectivity index (χ4n) is 2.07. The second kappa shape index (κ2) is 4.96. The Hall–Kier alpha value is -2.37. The van der Waals surface area contributed by atoms with Crippen molar-refractivity contribution in [3.8, 4) is 0 Å². The minimum atomic E-state index is -0.360. The highest BCUT2D eigenvalue weighted by atomic mass is 19.1. The van der Waals surface area contributed by atoms with E-state index in [9.17, 15) is 14.0 Å². The van der Waals surface area contributed by atoms with Gasteiger partial charge in [0.2, 0.25) is 5.91 Å². The number of anilines is 1. The number of carbonyl (C=O) groups excluding carboxylic acids is 1. The summed E-state index contributed by atoms with van der Waals surface area (Å²) in [6.45, 7) is -0.0457. The molecule has 104 valence electrons. The fourth-order valence-corrected chi connectivity index (χ4v) is 2.07. The lowest BCUT2D eigenvalue weighted by Crippen LogP contribution is -2.28. The van der Waals surface area contributed by atoms with Crippen molar-refractivity contribution in [2.24, 2.45) is 0 Å². The van der Waals surface area contributed by atoms with Crippen molar-refractivity contribution in [1.29, 1.82) is 0 Å². The first-order valence-corrected chi connectivity index (χ1v) is 6.46. The minimum absolute atomic E-state index is 0.0457. The Morgan fingerprint density at radius 2 is 1.95 bits per heavy atom. The Labute approximate surface area is 114 Å². The van der Waals surface area contributed by atoms with Crippen molar-refractivity contribution in [3.05, 3.63) is 53.0 Å². The molecular formula is C14H14FN3O2. The normalized spacial score (nSPS) is 14.2. The van der Waals surface area contributed by atoms with E-state index in [1.165, 1.54) is 28.8 Å². The summed E-state index contributed by atoms with van der Waals surface area (Å²) in [4.78, 5) is 23.8. The number of nitrogens with zero attached hydrogens (tertiary/aromatic N) is 2. The predicted molar refractivity (Wildman–Crippen MR) is 72.0 cm³/mol. The van der Waals surface area contributed by atoms with Crippen LogP contribution >= 0.6 is 0 Å². The van der Waals surface area contributed by atoms with E-state index < -0.39 is 0 Å². The van der Waals surface area contributed by atoms with Crippen LogP contribution in [0.5, 0.6) is 0 Å². The first-order chi connectivity index (χ1) is 9.63. The molecule has 5 nitrogen and oxygen atoms in total. The lowest BCUT2D eigenvalue weighted by atomic mass is 10.3. The van der Waals surface area contributed by atoms with Crippen molar-refractivity contribution < 1.29 is 9.18 Å². The topological polar surface area (TPSA) is 56.0 Å². The van der Waals surface area contributed by atoms with Crippen LogP contribution in [-0.4, -0.2) is 15.0 Å². The number of carbonyl (C=O) groups is 1. The Morgan fingerprint density at radius 3 is 2.60 bits per heavy atom. The summed E-state index contributed by atoms with van der Waals surface area (Å²) in [6.07, 6.45) is 5.37. The highest BCUT2D eigenvalue weighted by molar-refractivity contribution is 5.90. The summed E-state index contributed by atoms with van der Waals surface area (Å²) in [7, 11) is 0. The first-order valence-electron chi connectivity index (χ1n) is 6.46. The van der Waals surface area contributed by atoms with Gasteiger partial charge in [-0.25, -0.2) is 9.18 Å². The Balaban J connectivity index is 1.66. The maximum absolute atomic E-state index is 12.7. The molecule has 2 aromatic rings. The molecule has 1 aliphatic carbocycles. The zero-order valence-electron chi connectivity index (χ0n) is 10.8. The monoisotopic (exact) mass is 275 g/mol. The van der Waals surface area contributed by atoms with Gasteiger partial charge in [0.05, 0.1) is 0 Å². The van der Waals surface area contributed by atoms with Crippen molar-refractivity contribution in [2.75, 3.05) is 5.32 Å². The molecule has 1 saturated carbocycles. The van der Waals surface area contributed by atoms with Crippen molar-refractivity contribution in [1.82, 2.24) is 9.13 Å². The number of rotatable bonds is 4. The molecule has 0 radical (unpaired) electrons. The Morgan fingerprint density at radius 1 is 1.25 bits per heavy atom. The predicted octanol–water partition coefficient (Wildman–Crippen LogP) is 1.76. The van der Waals surface area contributed by atoms with Crippen LogP contribution in [0.25, 0.3) is 0 Å². The number of imidazole rings is 1. The second-order valence-corrected chi connectivity index (χ2v) is 4.90. The quantitative estimate of drug-likeness (QED) is 0.924. The van der Waals surface area contributed by atoms with Crippen molar-refractivity contribution in [3.63, 3.8) is 0 Å². The van der Waals surface area contributed by atoms with Gasteiger partial charge in [-0.2, -0.15) is 0 Å². The largest absolute Gasteiger partial charge is 0.328 e. The molecule has 1 fully saturated rings.